The first-order valence-electron chi connectivity index (χ1n) is 7.63. The van der Waals surface area contributed by atoms with Gasteiger partial charge in [-0.05, 0) is 49.7 Å². The van der Waals surface area contributed by atoms with Crippen LogP contribution in [0.15, 0.2) is 10.9 Å². The van der Waals surface area contributed by atoms with E-state index in [1.54, 1.807) is 17.8 Å². The molecule has 6 nitrogen and oxygen atoms in total. The summed E-state index contributed by atoms with van der Waals surface area (Å²) < 4.78 is 1.22. The van der Waals surface area contributed by atoms with Crippen molar-refractivity contribution in [3.8, 4) is 0 Å². The molecule has 1 heterocycles. The molecule has 1 aromatic heterocycles. The number of rotatable bonds is 7. The van der Waals surface area contributed by atoms with Gasteiger partial charge in [0.05, 0.1) is 18.3 Å². The first-order valence-corrected chi connectivity index (χ1v) is 9.02. The number of aliphatic hydroxyl groups is 1. The van der Waals surface area contributed by atoms with E-state index in [9.17, 15) is 14.7 Å². The zero-order valence-corrected chi connectivity index (χ0v) is 13.7. The van der Waals surface area contributed by atoms with Crippen LogP contribution in [0.2, 0.25) is 0 Å². The van der Waals surface area contributed by atoms with Gasteiger partial charge in [-0.2, -0.15) is 16.9 Å². The van der Waals surface area contributed by atoms with Crippen LogP contribution in [0.1, 0.15) is 30.5 Å². The number of aromatic nitrogens is 2. The van der Waals surface area contributed by atoms with Gasteiger partial charge in [-0.15, -0.1) is 0 Å². The monoisotopic (exact) mass is 325 g/mol. The van der Waals surface area contributed by atoms with Crippen molar-refractivity contribution in [2.75, 3.05) is 18.6 Å². The van der Waals surface area contributed by atoms with Gasteiger partial charge in [0.15, 0.2) is 0 Å². The summed E-state index contributed by atoms with van der Waals surface area (Å²) in [6.45, 7) is -0.194. The van der Waals surface area contributed by atoms with E-state index < -0.39 is 0 Å². The summed E-state index contributed by atoms with van der Waals surface area (Å²) in [5.41, 5.74) is 1.71. The second-order valence-corrected chi connectivity index (χ2v) is 6.53. The third-order valence-corrected chi connectivity index (χ3v) is 4.47. The standard InChI is InChI=1S/C15H23N3O3S/c1-22-7-6-12(10-19)16-14(20)9-18-15(21)8-11-4-2-3-5-13(11)17-18/h8,12,19H,2-7,9-10H2,1H3,(H,16,20)/t12-/m0/s1. The molecule has 0 saturated heterocycles. The minimum atomic E-state index is -0.287. The fourth-order valence-electron chi connectivity index (χ4n) is 2.59. The maximum absolute atomic E-state index is 12.0. The first kappa shape index (κ1) is 17.0. The molecule has 0 spiro atoms. The van der Waals surface area contributed by atoms with E-state index in [4.69, 9.17) is 0 Å². The molecule has 0 bridgehead atoms. The maximum Gasteiger partial charge on any atom is 0.267 e. The first-order chi connectivity index (χ1) is 10.6. The Hall–Kier alpha value is -1.34. The molecule has 1 aliphatic carbocycles. The number of fused-ring (bicyclic) bond motifs is 1. The van der Waals surface area contributed by atoms with Gasteiger partial charge in [0, 0.05) is 6.07 Å². The number of nitrogens with zero attached hydrogens (tertiary/aromatic N) is 2. The van der Waals surface area contributed by atoms with Crippen LogP contribution < -0.4 is 10.9 Å². The molecule has 1 aliphatic rings. The molecule has 2 rings (SSSR count). The second kappa shape index (κ2) is 8.33. The summed E-state index contributed by atoms with van der Waals surface area (Å²) >= 11 is 1.66. The Labute approximate surface area is 134 Å². The number of carbonyl (C=O) groups excluding carboxylic acids is 1. The van der Waals surface area contributed by atoms with E-state index in [0.29, 0.717) is 6.42 Å². The third kappa shape index (κ3) is 4.58. The topological polar surface area (TPSA) is 84.2 Å². The Bertz CT molecular complexity index is 574. The molecule has 1 amide bonds. The number of aryl methyl sites for hydroxylation is 2. The molecule has 122 valence electrons. The number of carbonyl (C=O) groups is 1. The Kier molecular flexibility index (Phi) is 6.45. The molecule has 0 unspecified atom stereocenters. The minimum absolute atomic E-state index is 0.0954. The van der Waals surface area contributed by atoms with Crippen molar-refractivity contribution in [1.82, 2.24) is 15.1 Å². The van der Waals surface area contributed by atoms with Gasteiger partial charge in [-0.25, -0.2) is 4.68 Å². The van der Waals surface area contributed by atoms with Crippen LogP contribution >= 0.6 is 11.8 Å². The van der Waals surface area contributed by atoms with Crippen LogP contribution in [0, 0.1) is 0 Å². The molecular weight excluding hydrogens is 302 g/mol. The summed E-state index contributed by atoms with van der Waals surface area (Å²) in [6.07, 6.45) is 6.61. The Morgan fingerprint density at radius 3 is 3.00 bits per heavy atom. The van der Waals surface area contributed by atoms with Crippen molar-refractivity contribution in [2.24, 2.45) is 0 Å². The van der Waals surface area contributed by atoms with Crippen LogP contribution in [0.4, 0.5) is 0 Å². The Balaban J connectivity index is 2.00. The van der Waals surface area contributed by atoms with E-state index in [1.165, 1.54) is 4.68 Å². The molecule has 0 fully saturated rings. The highest BCUT2D eigenvalue weighted by Gasteiger charge is 2.16. The molecule has 0 saturated carbocycles. The molecule has 1 atom stereocenters. The lowest BCUT2D eigenvalue weighted by molar-refractivity contribution is -0.123. The summed E-state index contributed by atoms with van der Waals surface area (Å²) in [6, 6.07) is 1.33. The zero-order valence-electron chi connectivity index (χ0n) is 12.9. The van der Waals surface area contributed by atoms with Crippen molar-refractivity contribution in [1.29, 1.82) is 0 Å². The number of hydrogen-bond donors (Lipinski definition) is 2. The van der Waals surface area contributed by atoms with Crippen molar-refractivity contribution in [2.45, 2.75) is 44.7 Å². The van der Waals surface area contributed by atoms with Crippen molar-refractivity contribution in [3.05, 3.63) is 27.7 Å². The van der Waals surface area contributed by atoms with Crippen LogP contribution in [0.25, 0.3) is 0 Å². The average molecular weight is 325 g/mol. The molecule has 22 heavy (non-hydrogen) atoms. The zero-order chi connectivity index (χ0) is 15.9. The fourth-order valence-corrected chi connectivity index (χ4v) is 3.11. The van der Waals surface area contributed by atoms with Gasteiger partial charge in [-0.3, -0.25) is 9.59 Å². The minimum Gasteiger partial charge on any atom is -0.394 e. The normalized spacial score (nSPS) is 15.2. The number of aliphatic hydroxyl groups excluding tert-OH is 1. The van der Waals surface area contributed by atoms with E-state index in [-0.39, 0.29) is 30.7 Å². The highest BCUT2D eigenvalue weighted by atomic mass is 32.2. The predicted octanol–water partition coefficient (Wildman–Crippen LogP) is 0.352. The summed E-state index contributed by atoms with van der Waals surface area (Å²) in [7, 11) is 0. The number of nitrogens with one attached hydrogen (secondary N) is 1. The van der Waals surface area contributed by atoms with Gasteiger partial charge in [0.25, 0.3) is 5.56 Å². The Morgan fingerprint density at radius 2 is 2.27 bits per heavy atom. The Morgan fingerprint density at radius 1 is 1.50 bits per heavy atom. The summed E-state index contributed by atoms with van der Waals surface area (Å²) in [5, 5.41) is 16.4. The lowest BCUT2D eigenvalue weighted by Crippen LogP contribution is -2.42. The largest absolute Gasteiger partial charge is 0.394 e. The molecular formula is C15H23N3O3S. The highest BCUT2D eigenvalue weighted by Crippen LogP contribution is 2.16. The number of thioether (sulfide) groups is 1. The van der Waals surface area contributed by atoms with Crippen LogP contribution in [-0.4, -0.2) is 45.5 Å². The SMILES string of the molecule is CSCC[C@@H](CO)NC(=O)Cn1nc2c(cc1=O)CCCC2. The molecule has 0 aliphatic heterocycles. The lowest BCUT2D eigenvalue weighted by atomic mass is 9.97. The molecule has 7 heteroatoms. The van der Waals surface area contributed by atoms with Crippen molar-refractivity contribution >= 4 is 17.7 Å². The van der Waals surface area contributed by atoms with Crippen molar-refractivity contribution in [3.63, 3.8) is 0 Å². The van der Waals surface area contributed by atoms with E-state index >= 15 is 0 Å². The van der Waals surface area contributed by atoms with Gasteiger partial charge in [-0.1, -0.05) is 0 Å². The number of hydrogen-bond acceptors (Lipinski definition) is 5. The molecule has 0 aromatic carbocycles. The summed E-state index contributed by atoms with van der Waals surface area (Å²) in [5.74, 6) is 0.577. The molecule has 1 aromatic rings. The quantitative estimate of drug-likeness (QED) is 0.756. The van der Waals surface area contributed by atoms with Gasteiger partial charge in [0.1, 0.15) is 6.54 Å². The maximum atomic E-state index is 12.0. The van der Waals surface area contributed by atoms with Crippen LogP contribution in [0.3, 0.4) is 0 Å². The van der Waals surface area contributed by atoms with Crippen LogP contribution in [-0.2, 0) is 24.2 Å². The molecule has 2 N–H and O–H groups in total. The smallest absolute Gasteiger partial charge is 0.267 e. The lowest BCUT2D eigenvalue weighted by Gasteiger charge is -2.18. The van der Waals surface area contributed by atoms with E-state index in [2.05, 4.69) is 10.4 Å². The predicted molar refractivity (Wildman–Crippen MR) is 87.2 cm³/mol. The van der Waals surface area contributed by atoms with Gasteiger partial charge < -0.3 is 10.4 Å². The highest BCUT2D eigenvalue weighted by molar-refractivity contribution is 7.98. The number of amides is 1. The summed E-state index contributed by atoms with van der Waals surface area (Å²) in [4.78, 5) is 24.1. The van der Waals surface area contributed by atoms with Crippen LogP contribution in [0.5, 0.6) is 0 Å². The third-order valence-electron chi connectivity index (χ3n) is 3.82. The second-order valence-electron chi connectivity index (χ2n) is 5.55. The van der Waals surface area contributed by atoms with Crippen molar-refractivity contribution < 1.29 is 9.90 Å². The fraction of sp³-hybridized carbons (Fsp3) is 0.667. The van der Waals surface area contributed by atoms with E-state index in [0.717, 1.165) is 42.7 Å². The van der Waals surface area contributed by atoms with E-state index in [1.807, 2.05) is 6.26 Å². The average Bonchev–Trinajstić information content (AvgIpc) is 2.52. The van der Waals surface area contributed by atoms with Gasteiger partial charge in [0.2, 0.25) is 5.91 Å². The molecule has 0 radical (unpaired) electrons. The van der Waals surface area contributed by atoms with Gasteiger partial charge >= 0.3 is 0 Å².